The van der Waals surface area contributed by atoms with Crippen molar-refractivity contribution in [3.63, 3.8) is 0 Å². The van der Waals surface area contributed by atoms with Gasteiger partial charge in [-0.3, -0.25) is 4.79 Å². The Bertz CT molecular complexity index is 895. The van der Waals surface area contributed by atoms with Crippen LogP contribution in [0.2, 0.25) is 0 Å². The van der Waals surface area contributed by atoms with E-state index in [1.165, 1.54) is 4.90 Å². The molecule has 2 aromatic carbocycles. The Hall–Kier alpha value is -3.35. The summed E-state index contributed by atoms with van der Waals surface area (Å²) in [5.74, 6) is 1.72. The first kappa shape index (κ1) is 18.4. The van der Waals surface area contributed by atoms with Crippen molar-refractivity contribution in [2.45, 2.75) is 19.6 Å². The van der Waals surface area contributed by atoms with Crippen LogP contribution in [-0.2, 0) is 11.3 Å². The summed E-state index contributed by atoms with van der Waals surface area (Å²) >= 11 is 0. The predicted molar refractivity (Wildman–Crippen MR) is 99.3 cm³/mol. The molecule has 0 unspecified atom stereocenters. The lowest BCUT2D eigenvalue weighted by atomic mass is 10.2. The van der Waals surface area contributed by atoms with Gasteiger partial charge >= 0.3 is 0 Å². The van der Waals surface area contributed by atoms with E-state index < -0.39 is 6.10 Å². The minimum atomic E-state index is -0.692. The summed E-state index contributed by atoms with van der Waals surface area (Å²) in [5.41, 5.74) is 0.856. The standard InChI is InChI=1S/C20H21N3O4/c1-14(26-17-12-8-7-11-16(17)25-3)20(24)23(2)13-18-21-19(22-27-18)15-9-5-4-6-10-15/h4-12,14H,13H2,1-3H3/t14-/m0/s1. The molecule has 3 rings (SSSR count). The number of ether oxygens (including phenoxy) is 2. The van der Waals surface area contributed by atoms with Gasteiger partial charge in [0.1, 0.15) is 0 Å². The van der Waals surface area contributed by atoms with Crippen LogP contribution in [-0.4, -0.2) is 41.2 Å². The number of rotatable bonds is 7. The maximum Gasteiger partial charge on any atom is 0.263 e. The predicted octanol–water partition coefficient (Wildman–Crippen LogP) is 3.17. The summed E-state index contributed by atoms with van der Waals surface area (Å²) in [6, 6.07) is 16.7. The van der Waals surface area contributed by atoms with E-state index in [0.717, 1.165) is 5.56 Å². The molecule has 0 radical (unpaired) electrons. The second kappa shape index (κ2) is 8.35. The van der Waals surface area contributed by atoms with Crippen LogP contribution in [0.25, 0.3) is 11.4 Å². The van der Waals surface area contributed by atoms with Gasteiger partial charge in [-0.25, -0.2) is 0 Å². The van der Waals surface area contributed by atoms with Crippen molar-refractivity contribution in [3.8, 4) is 22.9 Å². The van der Waals surface area contributed by atoms with Crippen molar-refractivity contribution in [1.29, 1.82) is 0 Å². The Kier molecular flexibility index (Phi) is 5.71. The molecule has 3 aromatic rings. The van der Waals surface area contributed by atoms with Gasteiger partial charge in [-0.05, 0) is 19.1 Å². The third-order valence-electron chi connectivity index (χ3n) is 3.97. The summed E-state index contributed by atoms with van der Waals surface area (Å²) < 4.78 is 16.3. The highest BCUT2D eigenvalue weighted by atomic mass is 16.5. The number of benzene rings is 2. The molecule has 1 atom stereocenters. The molecule has 1 heterocycles. The van der Waals surface area contributed by atoms with Gasteiger partial charge in [0, 0.05) is 12.6 Å². The molecule has 0 aliphatic rings. The van der Waals surface area contributed by atoms with Gasteiger partial charge in [0.25, 0.3) is 5.91 Å². The zero-order chi connectivity index (χ0) is 19.2. The second-order valence-electron chi connectivity index (χ2n) is 5.98. The van der Waals surface area contributed by atoms with Crippen molar-refractivity contribution in [3.05, 3.63) is 60.5 Å². The minimum absolute atomic E-state index is 0.193. The lowest BCUT2D eigenvalue weighted by Gasteiger charge is -2.21. The van der Waals surface area contributed by atoms with Crippen LogP contribution in [0.3, 0.4) is 0 Å². The van der Waals surface area contributed by atoms with Gasteiger partial charge in [-0.1, -0.05) is 47.6 Å². The Morgan fingerprint density at radius 1 is 1.11 bits per heavy atom. The number of hydrogen-bond donors (Lipinski definition) is 0. The molecule has 1 aromatic heterocycles. The zero-order valence-corrected chi connectivity index (χ0v) is 15.5. The number of aromatic nitrogens is 2. The number of amides is 1. The van der Waals surface area contributed by atoms with Crippen LogP contribution in [0.15, 0.2) is 59.1 Å². The van der Waals surface area contributed by atoms with Crippen LogP contribution in [0.4, 0.5) is 0 Å². The first-order valence-electron chi connectivity index (χ1n) is 8.51. The molecule has 7 nitrogen and oxygen atoms in total. The fraction of sp³-hybridized carbons (Fsp3) is 0.250. The van der Waals surface area contributed by atoms with E-state index in [9.17, 15) is 4.79 Å². The molecule has 0 saturated heterocycles. The van der Waals surface area contributed by atoms with Crippen molar-refractivity contribution in [2.24, 2.45) is 0 Å². The minimum Gasteiger partial charge on any atom is -0.493 e. The number of nitrogens with zero attached hydrogens (tertiary/aromatic N) is 3. The number of likely N-dealkylation sites (N-methyl/N-ethyl adjacent to an activating group) is 1. The van der Waals surface area contributed by atoms with Gasteiger partial charge in [0.15, 0.2) is 17.6 Å². The SMILES string of the molecule is COc1ccccc1O[C@@H](C)C(=O)N(C)Cc1nc(-c2ccccc2)no1. The fourth-order valence-electron chi connectivity index (χ4n) is 2.57. The van der Waals surface area contributed by atoms with Crippen molar-refractivity contribution in [2.75, 3.05) is 14.2 Å². The number of carbonyl (C=O) groups is 1. The third-order valence-corrected chi connectivity index (χ3v) is 3.97. The van der Waals surface area contributed by atoms with Crippen LogP contribution < -0.4 is 9.47 Å². The van der Waals surface area contributed by atoms with Crippen LogP contribution in [0, 0.1) is 0 Å². The summed E-state index contributed by atoms with van der Waals surface area (Å²) in [4.78, 5) is 18.4. The van der Waals surface area contributed by atoms with Gasteiger partial charge < -0.3 is 18.9 Å². The number of carbonyl (C=O) groups excluding carboxylic acids is 1. The van der Waals surface area contributed by atoms with Crippen molar-refractivity contribution in [1.82, 2.24) is 15.0 Å². The molecule has 0 fully saturated rings. The van der Waals surface area contributed by atoms with E-state index in [1.807, 2.05) is 42.5 Å². The Morgan fingerprint density at radius 2 is 1.78 bits per heavy atom. The average molecular weight is 367 g/mol. The number of hydrogen-bond acceptors (Lipinski definition) is 6. The average Bonchev–Trinajstić information content (AvgIpc) is 3.17. The summed E-state index contributed by atoms with van der Waals surface area (Å²) in [6.45, 7) is 1.88. The van der Waals surface area contributed by atoms with E-state index in [-0.39, 0.29) is 12.5 Å². The fourth-order valence-corrected chi connectivity index (χ4v) is 2.57. The molecule has 27 heavy (non-hydrogen) atoms. The summed E-state index contributed by atoms with van der Waals surface area (Å²) in [5, 5.41) is 3.96. The van der Waals surface area contributed by atoms with Crippen molar-refractivity contribution < 1.29 is 18.8 Å². The van der Waals surface area contributed by atoms with E-state index >= 15 is 0 Å². The number of methoxy groups -OCH3 is 1. The maximum absolute atomic E-state index is 12.6. The van der Waals surface area contributed by atoms with Crippen molar-refractivity contribution >= 4 is 5.91 Å². The Morgan fingerprint density at radius 3 is 2.48 bits per heavy atom. The molecule has 0 N–H and O–H groups in total. The molecular formula is C20H21N3O4. The lowest BCUT2D eigenvalue weighted by Crippen LogP contribution is -2.37. The first-order chi connectivity index (χ1) is 13.1. The van der Waals surface area contributed by atoms with Gasteiger partial charge in [-0.2, -0.15) is 4.98 Å². The molecule has 0 spiro atoms. The molecular weight excluding hydrogens is 346 g/mol. The van der Waals surface area contributed by atoms with E-state index in [1.54, 1.807) is 33.2 Å². The normalized spacial score (nSPS) is 11.7. The highest BCUT2D eigenvalue weighted by molar-refractivity contribution is 5.80. The Labute approximate surface area is 157 Å². The zero-order valence-electron chi connectivity index (χ0n) is 15.5. The van der Waals surface area contributed by atoms with Crippen LogP contribution in [0.1, 0.15) is 12.8 Å². The lowest BCUT2D eigenvalue weighted by molar-refractivity contribution is -0.137. The molecule has 0 aliphatic carbocycles. The largest absolute Gasteiger partial charge is 0.493 e. The molecule has 7 heteroatoms. The van der Waals surface area contributed by atoms with Gasteiger partial charge in [0.05, 0.1) is 13.7 Å². The van der Waals surface area contributed by atoms with E-state index in [2.05, 4.69) is 10.1 Å². The maximum atomic E-state index is 12.6. The highest BCUT2D eigenvalue weighted by Crippen LogP contribution is 2.27. The van der Waals surface area contributed by atoms with Crippen LogP contribution in [0.5, 0.6) is 11.5 Å². The molecule has 140 valence electrons. The quantitative estimate of drug-likeness (QED) is 0.638. The van der Waals surface area contributed by atoms with Gasteiger partial charge in [0.2, 0.25) is 11.7 Å². The first-order valence-corrected chi connectivity index (χ1v) is 8.51. The summed E-state index contributed by atoms with van der Waals surface area (Å²) in [6.07, 6.45) is -0.692. The molecule has 0 aliphatic heterocycles. The third kappa shape index (κ3) is 4.44. The van der Waals surface area contributed by atoms with E-state index in [0.29, 0.717) is 23.2 Å². The Balaban J connectivity index is 1.63. The second-order valence-corrected chi connectivity index (χ2v) is 5.98. The monoisotopic (exact) mass is 367 g/mol. The highest BCUT2D eigenvalue weighted by Gasteiger charge is 2.22. The van der Waals surface area contributed by atoms with Crippen LogP contribution >= 0.6 is 0 Å². The number of para-hydroxylation sites is 2. The summed E-state index contributed by atoms with van der Waals surface area (Å²) in [7, 11) is 3.22. The van der Waals surface area contributed by atoms with Gasteiger partial charge in [-0.15, -0.1) is 0 Å². The topological polar surface area (TPSA) is 77.7 Å². The smallest absolute Gasteiger partial charge is 0.263 e. The van der Waals surface area contributed by atoms with E-state index in [4.69, 9.17) is 14.0 Å². The molecule has 1 amide bonds. The molecule has 0 bridgehead atoms. The molecule has 0 saturated carbocycles.